The smallest absolute Gasteiger partial charge is 0.238 e. The number of halogens is 2. The largest absolute Gasteiger partial charge is 0.326 e. The van der Waals surface area contributed by atoms with E-state index < -0.39 is 0 Å². The van der Waals surface area contributed by atoms with E-state index in [1.54, 1.807) is 0 Å². The molecule has 2 fully saturated rings. The van der Waals surface area contributed by atoms with Crippen LogP contribution in [0, 0.1) is 11.8 Å². The van der Waals surface area contributed by atoms with Crippen LogP contribution in [0.5, 0.6) is 0 Å². The third-order valence-corrected chi connectivity index (χ3v) is 5.41. The lowest BCUT2D eigenvalue weighted by Crippen LogP contribution is -2.48. The number of amides is 2. The third-order valence-electron chi connectivity index (χ3n) is 5.41. The van der Waals surface area contributed by atoms with Crippen LogP contribution in [-0.4, -0.2) is 49.4 Å². The van der Waals surface area contributed by atoms with Crippen LogP contribution in [0.3, 0.4) is 0 Å². The first-order valence-electron chi connectivity index (χ1n) is 9.75. The molecule has 0 aliphatic carbocycles. The average Bonchev–Trinajstić information content (AvgIpc) is 2.82. The summed E-state index contributed by atoms with van der Waals surface area (Å²) >= 11 is 0. The van der Waals surface area contributed by atoms with Crippen LogP contribution < -0.4 is 16.0 Å². The van der Waals surface area contributed by atoms with E-state index in [4.69, 9.17) is 0 Å². The van der Waals surface area contributed by atoms with Crippen LogP contribution in [0.4, 0.5) is 11.4 Å². The number of hydrogen-bond acceptors (Lipinski definition) is 4. The third kappa shape index (κ3) is 7.24. The molecule has 0 radical (unpaired) electrons. The number of carbonyl (C=O) groups excluding carboxylic acids is 2. The van der Waals surface area contributed by atoms with Crippen molar-refractivity contribution in [3.05, 3.63) is 24.3 Å². The molecule has 2 saturated heterocycles. The van der Waals surface area contributed by atoms with Gasteiger partial charge < -0.3 is 16.0 Å². The molecule has 2 heterocycles. The Kier molecular flexibility index (Phi) is 10.8. The molecular weight excluding hydrogens is 399 g/mol. The number of nitrogens with one attached hydrogen (secondary N) is 3. The number of hydrogen-bond donors (Lipinski definition) is 3. The van der Waals surface area contributed by atoms with E-state index >= 15 is 0 Å². The van der Waals surface area contributed by atoms with E-state index in [1.807, 2.05) is 31.2 Å². The first-order valence-corrected chi connectivity index (χ1v) is 9.75. The summed E-state index contributed by atoms with van der Waals surface area (Å²) in [5.74, 6) is 0.429. The van der Waals surface area contributed by atoms with Crippen molar-refractivity contribution in [2.75, 3.05) is 43.4 Å². The Balaban J connectivity index is 0.00000196. The minimum atomic E-state index is -0.0162. The molecule has 2 aliphatic heterocycles. The molecule has 0 bridgehead atoms. The second-order valence-electron chi connectivity index (χ2n) is 7.52. The van der Waals surface area contributed by atoms with Crippen molar-refractivity contribution >= 4 is 48.0 Å². The van der Waals surface area contributed by atoms with Crippen molar-refractivity contribution < 1.29 is 9.59 Å². The average molecular weight is 431 g/mol. The van der Waals surface area contributed by atoms with Gasteiger partial charge in [0.1, 0.15) is 0 Å². The molecule has 3 N–H and O–H groups in total. The van der Waals surface area contributed by atoms with Crippen LogP contribution in [0.15, 0.2) is 24.3 Å². The fourth-order valence-electron chi connectivity index (χ4n) is 3.51. The number of nitrogens with zero attached hydrogens (tertiary/aromatic N) is 1. The van der Waals surface area contributed by atoms with Crippen molar-refractivity contribution in [2.45, 2.75) is 32.6 Å². The van der Waals surface area contributed by atoms with Crippen LogP contribution in [0.2, 0.25) is 0 Å². The van der Waals surface area contributed by atoms with Crippen LogP contribution in [0.1, 0.15) is 32.6 Å². The molecule has 0 spiro atoms. The molecule has 2 amide bonds. The van der Waals surface area contributed by atoms with Gasteiger partial charge in [0.25, 0.3) is 0 Å². The minimum absolute atomic E-state index is 0. The van der Waals surface area contributed by atoms with Crippen LogP contribution >= 0.6 is 24.8 Å². The predicted molar refractivity (Wildman–Crippen MR) is 119 cm³/mol. The molecule has 8 heteroatoms. The van der Waals surface area contributed by atoms with Crippen molar-refractivity contribution in [2.24, 2.45) is 11.8 Å². The van der Waals surface area contributed by atoms with E-state index in [2.05, 4.69) is 20.9 Å². The zero-order chi connectivity index (χ0) is 18.4. The van der Waals surface area contributed by atoms with E-state index in [0.29, 0.717) is 12.5 Å². The topological polar surface area (TPSA) is 73.5 Å². The second kappa shape index (κ2) is 12.3. The molecule has 28 heavy (non-hydrogen) atoms. The molecule has 1 aromatic rings. The summed E-state index contributed by atoms with van der Waals surface area (Å²) in [7, 11) is 0. The van der Waals surface area contributed by atoms with Gasteiger partial charge in [-0.3, -0.25) is 14.5 Å². The van der Waals surface area contributed by atoms with Gasteiger partial charge in [0.2, 0.25) is 11.8 Å². The van der Waals surface area contributed by atoms with Gasteiger partial charge in [-0.25, -0.2) is 0 Å². The summed E-state index contributed by atoms with van der Waals surface area (Å²) in [4.78, 5) is 26.9. The van der Waals surface area contributed by atoms with E-state index in [9.17, 15) is 9.59 Å². The maximum Gasteiger partial charge on any atom is 0.238 e. The molecule has 1 aromatic carbocycles. The monoisotopic (exact) mass is 430 g/mol. The number of rotatable bonds is 6. The Hall–Kier alpha value is -1.34. The molecular formula is C20H32Cl2N4O2. The Morgan fingerprint density at radius 1 is 1.07 bits per heavy atom. The molecule has 0 saturated carbocycles. The lowest BCUT2D eigenvalue weighted by molar-refractivity contribution is -0.121. The Morgan fingerprint density at radius 3 is 2.25 bits per heavy atom. The van der Waals surface area contributed by atoms with Crippen molar-refractivity contribution in [1.29, 1.82) is 0 Å². The lowest BCUT2D eigenvalue weighted by atomic mass is 9.88. The van der Waals surface area contributed by atoms with E-state index in [-0.39, 0.29) is 42.5 Å². The lowest BCUT2D eigenvalue weighted by Gasteiger charge is -2.31. The van der Waals surface area contributed by atoms with Crippen molar-refractivity contribution in [3.8, 4) is 0 Å². The molecule has 2 aliphatic rings. The van der Waals surface area contributed by atoms with Gasteiger partial charge in [-0.2, -0.15) is 0 Å². The van der Waals surface area contributed by atoms with E-state index in [1.165, 1.54) is 25.7 Å². The van der Waals surface area contributed by atoms with Crippen molar-refractivity contribution in [3.63, 3.8) is 0 Å². The minimum Gasteiger partial charge on any atom is -0.326 e. The fraction of sp³-hybridized carbons (Fsp3) is 0.600. The van der Waals surface area contributed by atoms with E-state index in [0.717, 1.165) is 37.6 Å². The summed E-state index contributed by atoms with van der Waals surface area (Å²) in [5, 5.41) is 9.12. The van der Waals surface area contributed by atoms with Crippen LogP contribution in [0.25, 0.3) is 0 Å². The van der Waals surface area contributed by atoms with Gasteiger partial charge in [-0.15, -0.1) is 24.8 Å². The normalized spacial score (nSPS) is 18.5. The number of benzene rings is 1. The molecule has 0 aromatic heterocycles. The van der Waals surface area contributed by atoms with Gasteiger partial charge in [0.05, 0.1) is 6.54 Å². The summed E-state index contributed by atoms with van der Waals surface area (Å²) in [6.07, 6.45) is 4.86. The maximum absolute atomic E-state index is 12.3. The number of carbonyl (C=O) groups is 2. The Bertz CT molecular complexity index is 632. The number of likely N-dealkylation sites (tertiary alicyclic amines) is 1. The SMILES string of the molecule is CC(C(=O)Nc1cccc(NC(=O)CN2CCCCCC2)c1)C1CNC1.Cl.Cl. The van der Waals surface area contributed by atoms with Crippen molar-refractivity contribution in [1.82, 2.24) is 10.2 Å². The molecule has 158 valence electrons. The summed E-state index contributed by atoms with van der Waals surface area (Å²) in [6.45, 7) is 6.20. The quantitative estimate of drug-likeness (QED) is 0.647. The highest BCUT2D eigenvalue weighted by Gasteiger charge is 2.28. The zero-order valence-electron chi connectivity index (χ0n) is 16.4. The molecule has 3 rings (SSSR count). The summed E-state index contributed by atoms with van der Waals surface area (Å²) in [6, 6.07) is 7.39. The summed E-state index contributed by atoms with van der Waals surface area (Å²) in [5.41, 5.74) is 1.45. The summed E-state index contributed by atoms with van der Waals surface area (Å²) < 4.78 is 0. The first-order chi connectivity index (χ1) is 12.6. The standard InChI is InChI=1S/C20H30N4O2.2ClH/c1-15(16-12-21-13-16)20(26)23-18-8-6-7-17(11-18)22-19(25)14-24-9-4-2-3-5-10-24;;/h6-8,11,15-16,21H,2-5,9-10,12-14H2,1H3,(H,22,25)(H,23,26);2*1H. The Labute approximate surface area is 180 Å². The predicted octanol–water partition coefficient (Wildman–Crippen LogP) is 3.14. The highest BCUT2D eigenvalue weighted by atomic mass is 35.5. The fourth-order valence-corrected chi connectivity index (χ4v) is 3.51. The van der Waals surface area contributed by atoms with Gasteiger partial charge >= 0.3 is 0 Å². The van der Waals surface area contributed by atoms with Gasteiger partial charge in [0.15, 0.2) is 0 Å². The second-order valence-corrected chi connectivity index (χ2v) is 7.52. The molecule has 1 atom stereocenters. The molecule has 1 unspecified atom stereocenters. The molecule has 6 nitrogen and oxygen atoms in total. The number of anilines is 2. The maximum atomic E-state index is 12.3. The zero-order valence-corrected chi connectivity index (χ0v) is 18.0. The van der Waals surface area contributed by atoms with Gasteiger partial charge in [0, 0.05) is 17.3 Å². The van der Waals surface area contributed by atoms with Crippen LogP contribution in [-0.2, 0) is 9.59 Å². The highest BCUT2D eigenvalue weighted by Crippen LogP contribution is 2.20. The first kappa shape index (κ1) is 24.7. The Morgan fingerprint density at radius 2 is 1.68 bits per heavy atom. The highest BCUT2D eigenvalue weighted by molar-refractivity contribution is 5.95. The van der Waals surface area contributed by atoms with Gasteiger partial charge in [-0.1, -0.05) is 25.8 Å². The van der Waals surface area contributed by atoms with Gasteiger partial charge in [-0.05, 0) is 63.1 Å².